The van der Waals surface area contributed by atoms with Crippen molar-refractivity contribution in [3.63, 3.8) is 0 Å². The van der Waals surface area contributed by atoms with E-state index in [1.165, 1.54) is 38.8 Å². The molecule has 0 aromatic carbocycles. The normalized spacial score (nSPS) is 22.7. The lowest BCUT2D eigenvalue weighted by molar-refractivity contribution is 0.243. The topological polar surface area (TPSA) is 15.3 Å². The highest BCUT2D eigenvalue weighted by molar-refractivity contribution is 6.25. The van der Waals surface area contributed by atoms with Crippen molar-refractivity contribution >= 4 is 11.6 Å². The summed E-state index contributed by atoms with van der Waals surface area (Å²) in [5.41, 5.74) is 1.62. The molecule has 1 atom stereocenters. The second-order valence-corrected chi connectivity index (χ2v) is 4.52. The van der Waals surface area contributed by atoms with Gasteiger partial charge in [-0.2, -0.15) is 0 Å². The summed E-state index contributed by atoms with van der Waals surface area (Å²) in [5.74, 6) is 0. The maximum Gasteiger partial charge on any atom is 0.0195 e. The van der Waals surface area contributed by atoms with Crippen molar-refractivity contribution in [1.82, 2.24) is 10.2 Å². The maximum absolute atomic E-state index is 5.57. The fourth-order valence-corrected chi connectivity index (χ4v) is 2.23. The summed E-state index contributed by atoms with van der Waals surface area (Å²) in [5, 5.41) is 3.59. The first-order valence-electron chi connectivity index (χ1n) is 6.07. The molecule has 2 nitrogen and oxygen atoms in total. The smallest absolute Gasteiger partial charge is 0.0195 e. The van der Waals surface area contributed by atoms with Crippen molar-refractivity contribution in [1.29, 1.82) is 0 Å². The van der Waals surface area contributed by atoms with Crippen molar-refractivity contribution in [2.75, 3.05) is 26.2 Å². The van der Waals surface area contributed by atoms with Crippen molar-refractivity contribution in [2.24, 2.45) is 0 Å². The van der Waals surface area contributed by atoms with Crippen molar-refractivity contribution in [3.8, 4) is 0 Å². The Morgan fingerprint density at radius 1 is 1.47 bits per heavy atom. The number of hydrogen-bond acceptors (Lipinski definition) is 2. The van der Waals surface area contributed by atoms with E-state index < -0.39 is 0 Å². The van der Waals surface area contributed by atoms with Gasteiger partial charge in [0.05, 0.1) is 0 Å². The molecule has 0 aromatic heterocycles. The first-order valence-corrected chi connectivity index (χ1v) is 6.51. The van der Waals surface area contributed by atoms with Crippen LogP contribution >= 0.6 is 11.6 Å². The Kier molecular flexibility index (Phi) is 7.07. The van der Waals surface area contributed by atoms with E-state index in [-0.39, 0.29) is 0 Å². The summed E-state index contributed by atoms with van der Waals surface area (Å²) in [6.07, 6.45) is 7.28. The highest BCUT2D eigenvalue weighted by Crippen LogP contribution is 2.08. The number of halogens is 1. The third kappa shape index (κ3) is 5.55. The molecule has 3 heteroatoms. The molecule has 1 aliphatic rings. The van der Waals surface area contributed by atoms with Crippen molar-refractivity contribution < 1.29 is 0 Å². The first-order chi connectivity index (χ1) is 7.36. The highest BCUT2D eigenvalue weighted by Gasteiger charge is 2.15. The summed E-state index contributed by atoms with van der Waals surface area (Å²) in [6, 6.07) is 0.689. The largest absolute Gasteiger partial charge is 0.313 e. The highest BCUT2D eigenvalue weighted by atomic mass is 35.5. The van der Waals surface area contributed by atoms with Gasteiger partial charge in [0.2, 0.25) is 0 Å². The second kappa shape index (κ2) is 8.14. The molecule has 1 rings (SSSR count). The fourth-order valence-electron chi connectivity index (χ4n) is 2.15. The average Bonchev–Trinajstić information content (AvgIpc) is 2.28. The SMILES string of the molecule is CCCN(C/C=C/Cl)CC1CCCCN1. The molecule has 1 unspecified atom stereocenters. The Labute approximate surface area is 98.7 Å². The summed E-state index contributed by atoms with van der Waals surface area (Å²) in [6.45, 7) is 6.73. The predicted octanol–water partition coefficient (Wildman–Crippen LogP) is 2.59. The van der Waals surface area contributed by atoms with Crippen LogP contribution in [0.4, 0.5) is 0 Å². The number of nitrogens with zero attached hydrogens (tertiary/aromatic N) is 1. The van der Waals surface area contributed by atoms with Crippen LogP contribution in [-0.2, 0) is 0 Å². The lowest BCUT2D eigenvalue weighted by atomic mass is 10.0. The molecular weight excluding hydrogens is 208 g/mol. The van der Waals surface area contributed by atoms with Crippen molar-refractivity contribution in [2.45, 2.75) is 38.6 Å². The van der Waals surface area contributed by atoms with Crippen LogP contribution in [0.5, 0.6) is 0 Å². The summed E-state index contributed by atoms with van der Waals surface area (Å²) in [4.78, 5) is 2.47. The van der Waals surface area contributed by atoms with Gasteiger partial charge in [-0.15, -0.1) is 0 Å². The minimum Gasteiger partial charge on any atom is -0.313 e. The van der Waals surface area contributed by atoms with Gasteiger partial charge in [-0.1, -0.05) is 31.0 Å². The second-order valence-electron chi connectivity index (χ2n) is 4.27. The van der Waals surface area contributed by atoms with Gasteiger partial charge < -0.3 is 5.32 Å². The van der Waals surface area contributed by atoms with E-state index in [2.05, 4.69) is 17.1 Å². The molecule has 0 saturated carbocycles. The van der Waals surface area contributed by atoms with Crippen LogP contribution in [-0.4, -0.2) is 37.1 Å². The quantitative estimate of drug-likeness (QED) is 0.755. The Morgan fingerprint density at radius 2 is 2.33 bits per heavy atom. The number of hydrogen-bond donors (Lipinski definition) is 1. The minimum absolute atomic E-state index is 0.689. The molecule has 15 heavy (non-hydrogen) atoms. The van der Waals surface area contributed by atoms with Crippen LogP contribution < -0.4 is 5.32 Å². The van der Waals surface area contributed by atoms with Gasteiger partial charge >= 0.3 is 0 Å². The molecule has 0 bridgehead atoms. The van der Waals surface area contributed by atoms with Crippen molar-refractivity contribution in [3.05, 3.63) is 11.6 Å². The molecule has 1 heterocycles. The molecule has 0 aromatic rings. The van der Waals surface area contributed by atoms with Gasteiger partial charge in [0.1, 0.15) is 0 Å². The molecular formula is C12H23ClN2. The monoisotopic (exact) mass is 230 g/mol. The Balaban J connectivity index is 2.27. The first kappa shape index (κ1) is 13.0. The third-order valence-electron chi connectivity index (χ3n) is 2.88. The van der Waals surface area contributed by atoms with Gasteiger partial charge in [-0.3, -0.25) is 4.90 Å². The molecule has 88 valence electrons. The lowest BCUT2D eigenvalue weighted by Gasteiger charge is -2.29. The predicted molar refractivity (Wildman–Crippen MR) is 67.4 cm³/mol. The number of piperidine rings is 1. The van der Waals surface area contributed by atoms with E-state index in [0.717, 1.165) is 13.1 Å². The Bertz CT molecular complexity index is 176. The van der Waals surface area contributed by atoms with Gasteiger partial charge in [0, 0.05) is 24.7 Å². The van der Waals surface area contributed by atoms with Gasteiger partial charge in [-0.05, 0) is 32.4 Å². The van der Waals surface area contributed by atoms with E-state index in [0.29, 0.717) is 6.04 Å². The lowest BCUT2D eigenvalue weighted by Crippen LogP contribution is -2.43. The van der Waals surface area contributed by atoms with Gasteiger partial charge in [-0.25, -0.2) is 0 Å². The molecule has 1 saturated heterocycles. The molecule has 0 radical (unpaired) electrons. The van der Waals surface area contributed by atoms with Crippen LogP contribution in [0.3, 0.4) is 0 Å². The van der Waals surface area contributed by atoms with Gasteiger partial charge in [0.25, 0.3) is 0 Å². The third-order valence-corrected chi connectivity index (χ3v) is 3.06. The van der Waals surface area contributed by atoms with E-state index in [9.17, 15) is 0 Å². The van der Waals surface area contributed by atoms with E-state index in [1.54, 1.807) is 5.54 Å². The molecule has 0 aliphatic carbocycles. The van der Waals surface area contributed by atoms with Crippen LogP contribution in [0.2, 0.25) is 0 Å². The summed E-state index contributed by atoms with van der Waals surface area (Å²) >= 11 is 5.57. The Morgan fingerprint density at radius 3 is 2.93 bits per heavy atom. The standard InChI is InChI=1S/C12H23ClN2/c1-2-9-15(10-5-7-13)11-12-6-3-4-8-14-12/h5,7,12,14H,2-4,6,8-11H2,1H3/b7-5+. The minimum atomic E-state index is 0.689. The molecule has 0 amide bonds. The molecule has 1 fully saturated rings. The van der Waals surface area contributed by atoms with Crippen LogP contribution in [0.1, 0.15) is 32.6 Å². The number of nitrogens with one attached hydrogen (secondary N) is 1. The zero-order valence-corrected chi connectivity index (χ0v) is 10.5. The molecule has 1 N–H and O–H groups in total. The van der Waals surface area contributed by atoms with Crippen LogP contribution in [0.25, 0.3) is 0 Å². The molecule has 1 aliphatic heterocycles. The molecule has 0 spiro atoms. The maximum atomic E-state index is 5.57. The van der Waals surface area contributed by atoms with Gasteiger partial charge in [0.15, 0.2) is 0 Å². The zero-order chi connectivity index (χ0) is 10.9. The van der Waals surface area contributed by atoms with E-state index >= 15 is 0 Å². The fraction of sp³-hybridized carbons (Fsp3) is 0.833. The van der Waals surface area contributed by atoms with E-state index in [4.69, 9.17) is 11.6 Å². The van der Waals surface area contributed by atoms with E-state index in [1.807, 2.05) is 6.08 Å². The van der Waals surface area contributed by atoms with Crippen LogP contribution in [0.15, 0.2) is 11.6 Å². The number of rotatable bonds is 6. The Hall–Kier alpha value is -0.0500. The summed E-state index contributed by atoms with van der Waals surface area (Å²) < 4.78 is 0. The summed E-state index contributed by atoms with van der Waals surface area (Å²) in [7, 11) is 0. The average molecular weight is 231 g/mol. The van der Waals surface area contributed by atoms with Crippen LogP contribution in [0, 0.1) is 0 Å². The zero-order valence-electron chi connectivity index (χ0n) is 9.71.